The molecule has 0 bridgehead atoms. The van der Waals surface area contributed by atoms with Crippen LogP contribution in [-0.2, 0) is 25.8 Å². The van der Waals surface area contributed by atoms with Crippen molar-refractivity contribution < 1.29 is 0 Å². The van der Waals surface area contributed by atoms with Gasteiger partial charge < -0.3 is 10.6 Å². The zero-order valence-corrected chi connectivity index (χ0v) is 13.1. The zero-order chi connectivity index (χ0) is 14.1. The summed E-state index contributed by atoms with van der Waals surface area (Å²) in [6.45, 7) is 6.52. The van der Waals surface area contributed by atoms with E-state index in [9.17, 15) is 0 Å². The molecule has 0 aliphatic carbocycles. The lowest BCUT2D eigenvalue weighted by molar-refractivity contribution is 0.742. The van der Waals surface area contributed by atoms with Crippen LogP contribution in [0.1, 0.15) is 35.4 Å². The van der Waals surface area contributed by atoms with E-state index in [1.165, 1.54) is 28.8 Å². The second-order valence-corrected chi connectivity index (χ2v) is 6.43. The van der Waals surface area contributed by atoms with E-state index in [-0.39, 0.29) is 0 Å². The fourth-order valence-corrected chi connectivity index (χ4v) is 3.89. The van der Waals surface area contributed by atoms with Gasteiger partial charge in [-0.3, -0.25) is 0 Å². The summed E-state index contributed by atoms with van der Waals surface area (Å²) >= 11 is 1.89. The molecule has 0 radical (unpaired) electrons. The van der Waals surface area contributed by atoms with Crippen molar-refractivity contribution in [2.24, 2.45) is 0 Å². The number of nitrogens with two attached hydrogens (primary N) is 1. The van der Waals surface area contributed by atoms with Gasteiger partial charge in [0.2, 0.25) is 0 Å². The SMILES string of the molecule is CCc1cc(N2CCc3sccc3C2)cc(CC)c1N. The van der Waals surface area contributed by atoms with E-state index in [0.717, 1.165) is 31.6 Å². The fraction of sp³-hybridized carbons (Fsp3) is 0.412. The van der Waals surface area contributed by atoms with Crippen LogP contribution in [0.15, 0.2) is 23.6 Å². The van der Waals surface area contributed by atoms with Crippen LogP contribution in [0.25, 0.3) is 0 Å². The van der Waals surface area contributed by atoms with Crippen molar-refractivity contribution in [3.8, 4) is 0 Å². The first-order valence-electron chi connectivity index (χ1n) is 7.44. The highest BCUT2D eigenvalue weighted by Crippen LogP contribution is 2.31. The maximum Gasteiger partial charge on any atom is 0.0440 e. The Morgan fingerprint density at radius 2 is 1.90 bits per heavy atom. The lowest BCUT2D eigenvalue weighted by Gasteiger charge is -2.30. The van der Waals surface area contributed by atoms with Gasteiger partial charge in [0, 0.05) is 29.3 Å². The van der Waals surface area contributed by atoms with Gasteiger partial charge in [-0.25, -0.2) is 0 Å². The molecule has 0 amide bonds. The molecule has 2 heterocycles. The summed E-state index contributed by atoms with van der Waals surface area (Å²) in [5, 5.41) is 2.21. The average molecular weight is 286 g/mol. The topological polar surface area (TPSA) is 29.3 Å². The summed E-state index contributed by atoms with van der Waals surface area (Å²) in [6, 6.07) is 6.84. The largest absolute Gasteiger partial charge is 0.398 e. The first-order chi connectivity index (χ1) is 9.72. The molecule has 0 saturated heterocycles. The summed E-state index contributed by atoms with van der Waals surface area (Å²) in [4.78, 5) is 4.05. The molecule has 2 aromatic rings. The van der Waals surface area contributed by atoms with Crippen LogP contribution in [0.5, 0.6) is 0 Å². The van der Waals surface area contributed by atoms with Crippen LogP contribution >= 0.6 is 11.3 Å². The first-order valence-corrected chi connectivity index (χ1v) is 8.32. The van der Waals surface area contributed by atoms with Gasteiger partial charge in [-0.15, -0.1) is 11.3 Å². The molecule has 3 rings (SSSR count). The third-order valence-electron chi connectivity index (χ3n) is 4.27. The van der Waals surface area contributed by atoms with Crippen LogP contribution in [0.2, 0.25) is 0 Å². The van der Waals surface area contributed by atoms with E-state index in [1.807, 2.05) is 11.3 Å². The van der Waals surface area contributed by atoms with E-state index in [2.05, 4.69) is 42.3 Å². The summed E-state index contributed by atoms with van der Waals surface area (Å²) in [7, 11) is 0. The smallest absolute Gasteiger partial charge is 0.0440 e. The monoisotopic (exact) mass is 286 g/mol. The maximum atomic E-state index is 6.25. The number of thiophene rings is 1. The summed E-state index contributed by atoms with van der Waals surface area (Å²) in [6.07, 6.45) is 3.18. The molecular weight excluding hydrogens is 264 g/mol. The maximum absolute atomic E-state index is 6.25. The van der Waals surface area contributed by atoms with Crippen molar-refractivity contribution in [2.75, 3.05) is 17.2 Å². The van der Waals surface area contributed by atoms with Crippen LogP contribution in [0, 0.1) is 0 Å². The molecule has 3 heteroatoms. The van der Waals surface area contributed by atoms with Gasteiger partial charge in [0.05, 0.1) is 0 Å². The number of rotatable bonds is 3. The Hall–Kier alpha value is -1.48. The number of hydrogen-bond acceptors (Lipinski definition) is 3. The second-order valence-electron chi connectivity index (χ2n) is 5.43. The normalized spacial score (nSPS) is 14.4. The molecule has 2 nitrogen and oxygen atoms in total. The molecule has 2 N–H and O–H groups in total. The van der Waals surface area contributed by atoms with E-state index in [1.54, 1.807) is 4.88 Å². The Balaban J connectivity index is 1.95. The second kappa shape index (κ2) is 5.49. The molecule has 0 unspecified atom stereocenters. The van der Waals surface area contributed by atoms with Gasteiger partial charge in [-0.05, 0) is 59.5 Å². The number of aryl methyl sites for hydroxylation is 2. The zero-order valence-electron chi connectivity index (χ0n) is 12.3. The van der Waals surface area contributed by atoms with Crippen LogP contribution in [0.3, 0.4) is 0 Å². The van der Waals surface area contributed by atoms with E-state index >= 15 is 0 Å². The molecular formula is C17H22N2S. The summed E-state index contributed by atoms with van der Waals surface area (Å²) in [5.41, 5.74) is 12.6. The molecule has 1 aliphatic rings. The van der Waals surface area contributed by atoms with E-state index in [0.29, 0.717) is 0 Å². The van der Waals surface area contributed by atoms with Crippen LogP contribution < -0.4 is 10.6 Å². The molecule has 1 aromatic carbocycles. The third kappa shape index (κ3) is 2.31. The minimum absolute atomic E-state index is 0.993. The molecule has 1 aliphatic heterocycles. The molecule has 0 saturated carbocycles. The predicted octanol–water partition coefficient (Wildman–Crippen LogP) is 4.02. The Morgan fingerprint density at radius 3 is 2.55 bits per heavy atom. The molecule has 0 atom stereocenters. The molecule has 0 fully saturated rings. The van der Waals surface area contributed by atoms with Gasteiger partial charge in [0.25, 0.3) is 0 Å². The van der Waals surface area contributed by atoms with Gasteiger partial charge >= 0.3 is 0 Å². The molecule has 0 spiro atoms. The van der Waals surface area contributed by atoms with E-state index in [4.69, 9.17) is 5.73 Å². The summed E-state index contributed by atoms with van der Waals surface area (Å²) < 4.78 is 0. The van der Waals surface area contributed by atoms with Crippen LogP contribution in [-0.4, -0.2) is 6.54 Å². The van der Waals surface area contributed by atoms with Gasteiger partial charge in [-0.1, -0.05) is 13.8 Å². The molecule has 1 aromatic heterocycles. The third-order valence-corrected chi connectivity index (χ3v) is 5.29. The number of hydrogen-bond donors (Lipinski definition) is 1. The first kappa shape index (κ1) is 13.5. The lowest BCUT2D eigenvalue weighted by Crippen LogP contribution is -2.29. The van der Waals surface area contributed by atoms with Crippen molar-refractivity contribution in [2.45, 2.75) is 39.7 Å². The van der Waals surface area contributed by atoms with Gasteiger partial charge in [-0.2, -0.15) is 0 Å². The Labute approximate surface area is 125 Å². The highest BCUT2D eigenvalue weighted by atomic mass is 32.1. The van der Waals surface area contributed by atoms with Gasteiger partial charge in [0.15, 0.2) is 0 Å². The molecule has 20 heavy (non-hydrogen) atoms. The molecule has 106 valence electrons. The fourth-order valence-electron chi connectivity index (χ4n) is 3.00. The number of nitrogens with zero attached hydrogens (tertiary/aromatic N) is 1. The number of anilines is 2. The predicted molar refractivity (Wildman–Crippen MR) is 88.7 cm³/mol. The van der Waals surface area contributed by atoms with Crippen molar-refractivity contribution in [1.29, 1.82) is 0 Å². The highest BCUT2D eigenvalue weighted by molar-refractivity contribution is 7.10. The van der Waals surface area contributed by atoms with E-state index < -0.39 is 0 Å². The highest BCUT2D eigenvalue weighted by Gasteiger charge is 2.18. The lowest BCUT2D eigenvalue weighted by atomic mass is 10.0. The number of benzene rings is 1. The number of nitrogen functional groups attached to an aromatic ring is 1. The van der Waals surface area contributed by atoms with Crippen molar-refractivity contribution in [3.63, 3.8) is 0 Å². The Kier molecular flexibility index (Phi) is 3.70. The minimum atomic E-state index is 0.993. The quantitative estimate of drug-likeness (QED) is 0.864. The Bertz CT molecular complexity index is 590. The van der Waals surface area contributed by atoms with Crippen molar-refractivity contribution in [1.82, 2.24) is 0 Å². The minimum Gasteiger partial charge on any atom is -0.398 e. The van der Waals surface area contributed by atoms with Crippen molar-refractivity contribution >= 4 is 22.7 Å². The Morgan fingerprint density at radius 1 is 1.20 bits per heavy atom. The average Bonchev–Trinajstić information content (AvgIpc) is 2.95. The van der Waals surface area contributed by atoms with Crippen molar-refractivity contribution in [3.05, 3.63) is 45.1 Å². The van der Waals surface area contributed by atoms with Crippen LogP contribution in [0.4, 0.5) is 11.4 Å². The standard InChI is InChI=1S/C17H22N2S/c1-3-12-9-15(10-13(4-2)17(12)18)19-7-5-16-14(11-19)6-8-20-16/h6,8-10H,3-5,7,11,18H2,1-2H3. The number of fused-ring (bicyclic) bond motifs is 1. The van der Waals surface area contributed by atoms with Gasteiger partial charge in [0.1, 0.15) is 0 Å². The summed E-state index contributed by atoms with van der Waals surface area (Å²) in [5.74, 6) is 0.